The topological polar surface area (TPSA) is 64.5 Å². The molecule has 5 nitrogen and oxygen atoms in total. The first kappa shape index (κ1) is 33.4. The summed E-state index contributed by atoms with van der Waals surface area (Å²) < 4.78 is 0. The minimum absolute atomic E-state index is 0.609. The zero-order chi connectivity index (χ0) is 38.4. The molecule has 0 radical (unpaired) electrons. The number of hydrogen-bond acceptors (Lipinski definition) is 5. The van der Waals surface area contributed by atoms with Gasteiger partial charge in [0.25, 0.3) is 0 Å². The molecule has 0 spiro atoms. The molecular formula is C53H33N5. The molecule has 0 aliphatic carbocycles. The molecule has 0 saturated carbocycles. The molecule has 0 fully saturated rings. The zero-order valence-corrected chi connectivity index (χ0v) is 31.3. The predicted molar refractivity (Wildman–Crippen MR) is 238 cm³/mol. The van der Waals surface area contributed by atoms with Crippen LogP contribution in [0.1, 0.15) is 0 Å². The van der Waals surface area contributed by atoms with Crippen LogP contribution in [0, 0.1) is 0 Å². The van der Waals surface area contributed by atoms with Crippen LogP contribution in [0.2, 0.25) is 0 Å². The summed E-state index contributed by atoms with van der Waals surface area (Å²) in [5.41, 5.74) is 7.53. The van der Waals surface area contributed by atoms with Crippen LogP contribution in [-0.2, 0) is 0 Å². The molecule has 0 atom stereocenters. The van der Waals surface area contributed by atoms with Crippen LogP contribution in [-0.4, -0.2) is 24.9 Å². The van der Waals surface area contributed by atoms with E-state index in [1.165, 1.54) is 10.8 Å². The summed E-state index contributed by atoms with van der Waals surface area (Å²) >= 11 is 0. The van der Waals surface area contributed by atoms with E-state index >= 15 is 0 Å². The molecule has 58 heavy (non-hydrogen) atoms. The molecule has 0 saturated heterocycles. The Hall–Kier alpha value is -7.89. The Balaban J connectivity index is 1.19. The summed E-state index contributed by atoms with van der Waals surface area (Å²) in [4.78, 5) is 26.2. The third kappa shape index (κ3) is 5.94. The van der Waals surface area contributed by atoms with Crippen molar-refractivity contribution in [1.29, 1.82) is 0 Å². The van der Waals surface area contributed by atoms with Crippen molar-refractivity contribution >= 4 is 43.1 Å². The van der Waals surface area contributed by atoms with E-state index < -0.39 is 0 Å². The maximum Gasteiger partial charge on any atom is 0.165 e. The fourth-order valence-corrected chi connectivity index (χ4v) is 8.10. The number of benzene rings is 9. The van der Waals surface area contributed by atoms with Gasteiger partial charge in [0, 0.05) is 33.4 Å². The van der Waals surface area contributed by atoms with Crippen LogP contribution in [0.5, 0.6) is 0 Å². The minimum atomic E-state index is 0.609. The van der Waals surface area contributed by atoms with E-state index in [9.17, 15) is 0 Å². The molecule has 0 amide bonds. The fraction of sp³-hybridized carbons (Fsp3) is 0. The van der Waals surface area contributed by atoms with Crippen LogP contribution in [0.4, 0.5) is 0 Å². The molecule has 0 bridgehead atoms. The highest BCUT2D eigenvalue weighted by atomic mass is 15.0. The predicted octanol–water partition coefficient (Wildman–Crippen LogP) is 13.3. The minimum Gasteiger partial charge on any atom is -0.228 e. The van der Waals surface area contributed by atoms with Gasteiger partial charge in [-0.2, -0.15) is 0 Å². The number of hydrogen-bond donors (Lipinski definition) is 0. The van der Waals surface area contributed by atoms with Crippen LogP contribution >= 0.6 is 0 Å². The molecule has 0 aliphatic heterocycles. The van der Waals surface area contributed by atoms with Gasteiger partial charge in [0.15, 0.2) is 23.3 Å². The Kier molecular flexibility index (Phi) is 8.07. The van der Waals surface area contributed by atoms with E-state index in [1.807, 2.05) is 36.4 Å². The highest BCUT2D eigenvalue weighted by Gasteiger charge is 2.22. The molecule has 2 heterocycles. The van der Waals surface area contributed by atoms with E-state index in [1.54, 1.807) is 0 Å². The Bertz CT molecular complexity index is 3130. The first-order valence-electron chi connectivity index (χ1n) is 19.4. The van der Waals surface area contributed by atoms with Crippen molar-refractivity contribution < 1.29 is 0 Å². The number of aromatic nitrogens is 5. The molecule has 0 aliphatic rings. The van der Waals surface area contributed by atoms with E-state index in [0.29, 0.717) is 23.3 Å². The second-order valence-electron chi connectivity index (χ2n) is 14.5. The zero-order valence-electron chi connectivity index (χ0n) is 31.3. The highest BCUT2D eigenvalue weighted by Crippen LogP contribution is 2.44. The second-order valence-corrected chi connectivity index (χ2v) is 14.5. The van der Waals surface area contributed by atoms with E-state index in [4.69, 9.17) is 24.9 Å². The third-order valence-electron chi connectivity index (χ3n) is 10.9. The summed E-state index contributed by atoms with van der Waals surface area (Å²) in [7, 11) is 0. The van der Waals surface area contributed by atoms with Crippen LogP contribution in [0.3, 0.4) is 0 Å². The molecule has 11 rings (SSSR count). The van der Waals surface area contributed by atoms with Crippen molar-refractivity contribution in [3.8, 4) is 68.1 Å². The Morgan fingerprint density at radius 3 is 1.16 bits per heavy atom. The van der Waals surface area contributed by atoms with Crippen LogP contribution < -0.4 is 0 Å². The van der Waals surface area contributed by atoms with Gasteiger partial charge in [0.1, 0.15) is 0 Å². The fourth-order valence-electron chi connectivity index (χ4n) is 8.10. The summed E-state index contributed by atoms with van der Waals surface area (Å²) in [6, 6.07) is 69.3. The lowest BCUT2D eigenvalue weighted by molar-refractivity contribution is 1.08. The van der Waals surface area contributed by atoms with Crippen molar-refractivity contribution in [1.82, 2.24) is 24.9 Å². The Morgan fingerprint density at radius 1 is 0.224 bits per heavy atom. The molecule has 270 valence electrons. The molecule has 11 aromatic rings. The van der Waals surface area contributed by atoms with Gasteiger partial charge < -0.3 is 0 Å². The molecule has 2 aromatic heterocycles. The first-order chi connectivity index (χ1) is 28.7. The average Bonchev–Trinajstić information content (AvgIpc) is 3.30. The summed E-state index contributed by atoms with van der Waals surface area (Å²) in [5.74, 6) is 2.52. The summed E-state index contributed by atoms with van der Waals surface area (Å²) in [6.07, 6.45) is 0. The summed E-state index contributed by atoms with van der Waals surface area (Å²) in [5, 5.41) is 8.74. The lowest BCUT2D eigenvalue weighted by Crippen LogP contribution is -2.02. The second kappa shape index (κ2) is 14.0. The van der Waals surface area contributed by atoms with Gasteiger partial charge >= 0.3 is 0 Å². The molecule has 0 unspecified atom stereocenters. The van der Waals surface area contributed by atoms with Crippen molar-refractivity contribution in [2.24, 2.45) is 0 Å². The van der Waals surface area contributed by atoms with Gasteiger partial charge in [-0.3, -0.25) is 0 Å². The molecule has 9 aromatic carbocycles. The normalized spacial score (nSPS) is 11.4. The van der Waals surface area contributed by atoms with Gasteiger partial charge in [0.05, 0.1) is 11.4 Å². The number of nitrogens with zero attached hydrogens (tertiary/aromatic N) is 5. The smallest absolute Gasteiger partial charge is 0.165 e. The lowest BCUT2D eigenvalue weighted by Gasteiger charge is -2.18. The van der Waals surface area contributed by atoms with Gasteiger partial charge in [-0.1, -0.05) is 182 Å². The molecule has 0 N–H and O–H groups in total. The molecular weight excluding hydrogens is 707 g/mol. The van der Waals surface area contributed by atoms with Crippen molar-refractivity contribution in [3.63, 3.8) is 0 Å². The average molecular weight is 740 g/mol. The van der Waals surface area contributed by atoms with Crippen molar-refractivity contribution in [2.45, 2.75) is 0 Å². The monoisotopic (exact) mass is 739 g/mol. The lowest BCUT2D eigenvalue weighted by atomic mass is 9.89. The van der Waals surface area contributed by atoms with Gasteiger partial charge in [-0.05, 0) is 61.3 Å². The first-order valence-corrected chi connectivity index (χ1v) is 19.4. The van der Waals surface area contributed by atoms with Crippen molar-refractivity contribution in [3.05, 3.63) is 200 Å². The van der Waals surface area contributed by atoms with E-state index in [-0.39, 0.29) is 0 Å². The van der Waals surface area contributed by atoms with E-state index in [2.05, 4.69) is 164 Å². The Labute approximate surface area is 335 Å². The standard InChI is InChI=1S/C53H33N5/c1-3-17-36(18-4-1)46-33-47(55-50(54-46)37-19-5-2-6-20-37)48-42-23-11-13-25-44(42)49(45-26-14-12-24-43(45)48)53-57-51(40-29-27-34-15-7-9-21-38(34)31-40)56-52(58-53)41-30-28-35-16-8-10-22-39(35)32-41/h1-33H. The van der Waals surface area contributed by atoms with Crippen molar-refractivity contribution in [2.75, 3.05) is 0 Å². The van der Waals surface area contributed by atoms with Gasteiger partial charge in [-0.25, -0.2) is 24.9 Å². The number of rotatable bonds is 6. The maximum atomic E-state index is 5.33. The van der Waals surface area contributed by atoms with Gasteiger partial charge in [0.2, 0.25) is 0 Å². The van der Waals surface area contributed by atoms with Gasteiger partial charge in [-0.15, -0.1) is 0 Å². The van der Waals surface area contributed by atoms with Crippen LogP contribution in [0.15, 0.2) is 200 Å². The van der Waals surface area contributed by atoms with E-state index in [0.717, 1.165) is 77.1 Å². The largest absolute Gasteiger partial charge is 0.228 e. The molecule has 5 heteroatoms. The SMILES string of the molecule is c1ccc(-c2cc(-c3c4ccccc4c(-c4nc(-c5ccc6ccccc6c5)nc(-c5ccc6ccccc6c5)n4)c4ccccc34)nc(-c3ccccc3)n2)cc1. The maximum absolute atomic E-state index is 5.33. The number of fused-ring (bicyclic) bond motifs is 4. The third-order valence-corrected chi connectivity index (χ3v) is 10.9. The quantitative estimate of drug-likeness (QED) is 0.159. The Morgan fingerprint density at radius 2 is 0.621 bits per heavy atom. The van der Waals surface area contributed by atoms with Crippen LogP contribution in [0.25, 0.3) is 111 Å². The summed E-state index contributed by atoms with van der Waals surface area (Å²) in [6.45, 7) is 0. The highest BCUT2D eigenvalue weighted by molar-refractivity contribution is 6.20.